The topological polar surface area (TPSA) is 9.23 Å². The molecule has 382 valence electrons. The smallest absolute Gasteiger partial charge is 0.0578 e. The molecule has 1 nitrogen and oxygen atoms in total. The zero-order chi connectivity index (χ0) is 49.6. The van der Waals surface area contributed by atoms with E-state index < -0.39 is 0 Å². The summed E-state index contributed by atoms with van der Waals surface area (Å²) < 4.78 is 5.46. The second kappa shape index (κ2) is 35.9. The summed E-state index contributed by atoms with van der Waals surface area (Å²) in [6.07, 6.45) is 28.8. The van der Waals surface area contributed by atoms with E-state index in [4.69, 9.17) is 16.3 Å². The van der Waals surface area contributed by atoms with Crippen LogP contribution in [0.4, 0.5) is 0 Å². The second-order valence-corrected chi connectivity index (χ2v) is 24.4. The molecule has 0 N–H and O–H groups in total. The summed E-state index contributed by atoms with van der Waals surface area (Å²) in [5.41, 5.74) is 5.88. The molecule has 5 aliphatic rings. The molecule has 1 saturated heterocycles. The largest absolute Gasteiger partial charge is 0.378 e. The van der Waals surface area contributed by atoms with Crippen molar-refractivity contribution in [3.8, 4) is 0 Å². The molecular weight excluding hydrogens is 832 g/mol. The zero-order valence-corrected chi connectivity index (χ0v) is 47.3. The highest BCUT2D eigenvalue weighted by Gasteiger charge is 2.24. The van der Waals surface area contributed by atoms with E-state index in [1.54, 1.807) is 11.1 Å². The van der Waals surface area contributed by atoms with Gasteiger partial charge in [-0.05, 0) is 145 Å². The van der Waals surface area contributed by atoms with Crippen LogP contribution in [0, 0.1) is 59.2 Å². The molecule has 3 saturated carbocycles. The maximum atomic E-state index is 5.97. The average molecular weight is 942 g/mol. The minimum atomic E-state index is 0.588. The molecule has 2 heteroatoms. The quantitative estimate of drug-likeness (QED) is 0.186. The van der Waals surface area contributed by atoms with Crippen LogP contribution in [0.1, 0.15) is 234 Å². The van der Waals surface area contributed by atoms with Crippen LogP contribution < -0.4 is 0 Å². The fraction of sp³-hybridized carbons (Fsp3) is 0.723. The number of hydrogen-bond acceptors (Lipinski definition) is 1. The first-order valence-corrected chi connectivity index (χ1v) is 28.8. The summed E-state index contributed by atoms with van der Waals surface area (Å²) in [5.74, 6) is 9.89. The number of hydrogen-bond donors (Lipinski definition) is 0. The van der Waals surface area contributed by atoms with Crippen molar-refractivity contribution in [2.45, 2.75) is 237 Å². The van der Waals surface area contributed by atoms with Gasteiger partial charge in [-0.15, -0.1) is 0 Å². The third-order valence-electron chi connectivity index (χ3n) is 14.8. The highest BCUT2D eigenvalue weighted by molar-refractivity contribution is 6.31. The van der Waals surface area contributed by atoms with Crippen molar-refractivity contribution < 1.29 is 4.74 Å². The number of aryl methyl sites for hydroxylation is 1. The van der Waals surface area contributed by atoms with Gasteiger partial charge in [0, 0.05) is 11.6 Å². The van der Waals surface area contributed by atoms with Gasteiger partial charge in [0.25, 0.3) is 0 Å². The Morgan fingerprint density at radius 1 is 0.463 bits per heavy atom. The van der Waals surface area contributed by atoms with Crippen LogP contribution in [-0.4, -0.2) is 12.7 Å². The normalized spacial score (nSPS) is 19.2. The van der Waals surface area contributed by atoms with Gasteiger partial charge < -0.3 is 4.74 Å². The first kappa shape index (κ1) is 61.0. The predicted octanol–water partition coefficient (Wildman–Crippen LogP) is 20.9. The van der Waals surface area contributed by atoms with E-state index in [-0.39, 0.29) is 0 Å². The van der Waals surface area contributed by atoms with Crippen LogP contribution in [0.15, 0.2) is 78.9 Å². The Bertz CT molecular complexity index is 1540. The van der Waals surface area contributed by atoms with E-state index in [0.717, 1.165) is 77.2 Å². The summed E-state index contributed by atoms with van der Waals surface area (Å²) >= 11 is 5.97. The van der Waals surface area contributed by atoms with Crippen LogP contribution in [0.3, 0.4) is 0 Å². The molecule has 2 atom stereocenters. The summed E-state index contributed by atoms with van der Waals surface area (Å²) in [5, 5.41) is 0.890. The van der Waals surface area contributed by atoms with Gasteiger partial charge in [0.15, 0.2) is 0 Å². The van der Waals surface area contributed by atoms with Crippen molar-refractivity contribution in [1.29, 1.82) is 0 Å². The minimum absolute atomic E-state index is 0.588. The van der Waals surface area contributed by atoms with Gasteiger partial charge in [-0.3, -0.25) is 0 Å². The zero-order valence-electron chi connectivity index (χ0n) is 46.6. The monoisotopic (exact) mass is 941 g/mol. The lowest BCUT2D eigenvalue weighted by Gasteiger charge is -2.14. The molecule has 3 aromatic rings. The SMILES string of the molecule is CC(C)C1CCCC1.CC(C)C1CCCC1.CC(C)C1CCc2ccccc21.CC(C)CC1CCCC1.CC(C)CC1CCCO1.CC(C)Cc1ccccc1.CC(C)Cc1ccccc1Cl. The lowest BCUT2D eigenvalue weighted by molar-refractivity contribution is 0.0939. The van der Waals surface area contributed by atoms with Crippen LogP contribution in [0.5, 0.6) is 0 Å². The Labute approximate surface area is 423 Å². The van der Waals surface area contributed by atoms with Crippen LogP contribution in [0.25, 0.3) is 0 Å². The fourth-order valence-electron chi connectivity index (χ4n) is 11.0. The third-order valence-corrected chi connectivity index (χ3v) is 15.1. The summed E-state index contributed by atoms with van der Waals surface area (Å²) in [6.45, 7) is 33.1. The number of ether oxygens (including phenoxy) is 1. The lowest BCUT2D eigenvalue weighted by Crippen LogP contribution is -2.07. The lowest BCUT2D eigenvalue weighted by atomic mass is 9.90. The summed E-state index contributed by atoms with van der Waals surface area (Å²) in [4.78, 5) is 0. The van der Waals surface area contributed by atoms with Crippen molar-refractivity contribution in [2.24, 2.45) is 59.2 Å². The molecule has 2 unspecified atom stereocenters. The summed E-state index contributed by atoms with van der Waals surface area (Å²) in [6, 6.07) is 27.5. The molecule has 0 spiro atoms. The van der Waals surface area contributed by atoms with E-state index >= 15 is 0 Å². The molecule has 4 fully saturated rings. The van der Waals surface area contributed by atoms with Gasteiger partial charge in [0.05, 0.1) is 6.10 Å². The summed E-state index contributed by atoms with van der Waals surface area (Å²) in [7, 11) is 0. The van der Waals surface area contributed by atoms with Gasteiger partial charge in [-0.2, -0.15) is 0 Å². The van der Waals surface area contributed by atoms with Gasteiger partial charge >= 0.3 is 0 Å². The maximum absolute atomic E-state index is 5.97. The molecule has 0 bridgehead atoms. The molecule has 0 aromatic heterocycles. The Balaban J connectivity index is 0.000000270. The first-order valence-electron chi connectivity index (χ1n) is 28.4. The maximum Gasteiger partial charge on any atom is 0.0578 e. The highest BCUT2D eigenvalue weighted by atomic mass is 35.5. The van der Waals surface area contributed by atoms with Crippen molar-refractivity contribution in [3.05, 3.63) is 106 Å². The van der Waals surface area contributed by atoms with Crippen LogP contribution in [0.2, 0.25) is 5.02 Å². The number of halogens is 1. The van der Waals surface area contributed by atoms with E-state index in [1.165, 1.54) is 133 Å². The van der Waals surface area contributed by atoms with Crippen molar-refractivity contribution in [1.82, 2.24) is 0 Å². The molecule has 8 rings (SSSR count). The number of rotatable bonds is 11. The van der Waals surface area contributed by atoms with Crippen LogP contribution in [-0.2, 0) is 24.0 Å². The molecule has 67 heavy (non-hydrogen) atoms. The number of fused-ring (bicyclic) bond motifs is 1. The Morgan fingerprint density at radius 2 is 0.955 bits per heavy atom. The van der Waals surface area contributed by atoms with E-state index in [9.17, 15) is 0 Å². The van der Waals surface area contributed by atoms with Crippen LogP contribution >= 0.6 is 11.6 Å². The van der Waals surface area contributed by atoms with Crippen molar-refractivity contribution >= 4 is 11.6 Å². The van der Waals surface area contributed by atoms with Crippen molar-refractivity contribution in [3.63, 3.8) is 0 Å². The predicted molar refractivity (Wildman–Crippen MR) is 301 cm³/mol. The highest BCUT2D eigenvalue weighted by Crippen LogP contribution is 2.38. The fourth-order valence-corrected chi connectivity index (χ4v) is 11.2. The van der Waals surface area contributed by atoms with E-state index in [2.05, 4.69) is 158 Å². The Hall–Kier alpha value is -2.09. The standard InChI is InChI=1S/C12H16.C10H13Cl.C10H14.C9H18.C8H16O.2C8H16/c1-9(2)11-8-7-10-5-3-4-6-12(10)11;1-8(2)7-9-5-3-4-6-10(9)11;1-9(2)8-10-6-4-3-5-7-10;1-8(2)7-9-5-3-4-6-9;1-7(2)6-8-4-3-5-9-8;2*1-7(2)8-5-3-4-6-8/h3-6,9,11H,7-8H2,1-2H3;3-6,8H,7H2,1-2H3;3-7,9H,8H2,1-2H3;8-9H,3-7H2,1-2H3;7-8H,3-6H2,1-2H3;2*7-8H,3-6H2,1-2H3. The van der Waals surface area contributed by atoms with Crippen molar-refractivity contribution in [2.75, 3.05) is 6.61 Å². The van der Waals surface area contributed by atoms with Gasteiger partial charge in [-0.1, -0.05) is 258 Å². The molecule has 1 aliphatic heterocycles. The van der Waals surface area contributed by atoms with E-state index in [1.807, 2.05) is 18.2 Å². The molecular formula is C65H109ClO. The van der Waals surface area contributed by atoms with Gasteiger partial charge in [-0.25, -0.2) is 0 Å². The van der Waals surface area contributed by atoms with E-state index in [0.29, 0.717) is 12.0 Å². The van der Waals surface area contributed by atoms with Gasteiger partial charge in [0.1, 0.15) is 0 Å². The molecule has 3 aromatic carbocycles. The second-order valence-electron chi connectivity index (χ2n) is 24.0. The Kier molecular flexibility index (Phi) is 32.7. The molecule has 0 radical (unpaired) electrons. The third kappa shape index (κ3) is 28.4. The molecule has 0 amide bonds. The number of benzene rings is 3. The molecule has 1 heterocycles. The first-order chi connectivity index (χ1) is 32.0. The molecule has 4 aliphatic carbocycles. The Morgan fingerprint density at radius 3 is 1.40 bits per heavy atom. The van der Waals surface area contributed by atoms with Gasteiger partial charge in [0.2, 0.25) is 0 Å². The average Bonchev–Trinajstić information content (AvgIpc) is 4.14. The minimum Gasteiger partial charge on any atom is -0.378 e.